The van der Waals surface area contributed by atoms with Gasteiger partial charge in [-0.05, 0) is 26.2 Å². The van der Waals surface area contributed by atoms with Crippen LogP contribution in [0.3, 0.4) is 0 Å². The quantitative estimate of drug-likeness (QED) is 0.913. The highest BCUT2D eigenvalue weighted by Crippen LogP contribution is 2.31. The SMILES string of the molecule is Cc1c([C@H]2OCC[C@@H]2NC(=O)C2=COCCC2)cnn1C. The summed E-state index contributed by atoms with van der Waals surface area (Å²) in [6, 6.07) is -0.0109. The number of amides is 1. The van der Waals surface area contributed by atoms with Gasteiger partial charge in [-0.3, -0.25) is 9.48 Å². The minimum atomic E-state index is -0.118. The van der Waals surface area contributed by atoms with E-state index in [1.54, 1.807) is 6.26 Å². The summed E-state index contributed by atoms with van der Waals surface area (Å²) < 4.78 is 12.9. The van der Waals surface area contributed by atoms with Gasteiger partial charge in [-0.2, -0.15) is 5.10 Å². The number of nitrogens with zero attached hydrogens (tertiary/aromatic N) is 2. The highest BCUT2D eigenvalue weighted by molar-refractivity contribution is 5.93. The van der Waals surface area contributed by atoms with E-state index in [0.29, 0.717) is 13.2 Å². The van der Waals surface area contributed by atoms with Gasteiger partial charge in [0.25, 0.3) is 5.91 Å². The first-order chi connectivity index (χ1) is 10.2. The first-order valence-corrected chi connectivity index (χ1v) is 7.38. The van der Waals surface area contributed by atoms with Crippen LogP contribution < -0.4 is 5.32 Å². The highest BCUT2D eigenvalue weighted by Gasteiger charge is 2.33. The van der Waals surface area contributed by atoms with E-state index in [4.69, 9.17) is 9.47 Å². The van der Waals surface area contributed by atoms with Gasteiger partial charge in [0, 0.05) is 24.9 Å². The second-order valence-corrected chi connectivity index (χ2v) is 5.59. The molecule has 0 radical (unpaired) electrons. The summed E-state index contributed by atoms with van der Waals surface area (Å²) in [5.74, 6) is -0.0447. The molecule has 1 fully saturated rings. The van der Waals surface area contributed by atoms with E-state index in [1.165, 1.54) is 0 Å². The Hall–Kier alpha value is -1.82. The number of aryl methyl sites for hydroxylation is 1. The van der Waals surface area contributed by atoms with Gasteiger partial charge in [0.05, 0.1) is 30.7 Å². The van der Waals surface area contributed by atoms with Crippen molar-refractivity contribution in [3.8, 4) is 0 Å². The molecule has 2 aliphatic rings. The molecule has 114 valence electrons. The van der Waals surface area contributed by atoms with Crippen LogP contribution in [0.1, 0.15) is 36.6 Å². The predicted octanol–water partition coefficient (Wildman–Crippen LogP) is 1.37. The number of carbonyl (C=O) groups is 1. The molecule has 6 heteroatoms. The van der Waals surface area contributed by atoms with Crippen LogP contribution in [0.2, 0.25) is 0 Å². The third-order valence-electron chi connectivity index (χ3n) is 4.21. The fourth-order valence-corrected chi connectivity index (χ4v) is 2.83. The molecule has 21 heavy (non-hydrogen) atoms. The third kappa shape index (κ3) is 2.81. The second-order valence-electron chi connectivity index (χ2n) is 5.59. The predicted molar refractivity (Wildman–Crippen MR) is 76.5 cm³/mol. The second kappa shape index (κ2) is 5.89. The van der Waals surface area contributed by atoms with Gasteiger partial charge in [-0.1, -0.05) is 0 Å². The molecule has 0 aromatic carbocycles. The standard InChI is InChI=1S/C15H21N3O3/c1-10-12(8-16-18(10)2)14-13(5-7-21-14)17-15(19)11-4-3-6-20-9-11/h8-9,13-14H,3-7H2,1-2H3,(H,17,19)/t13-,14+/m0/s1. The largest absolute Gasteiger partial charge is 0.501 e. The molecule has 0 saturated carbocycles. The molecule has 3 rings (SSSR count). The molecule has 2 atom stereocenters. The van der Waals surface area contributed by atoms with Gasteiger partial charge >= 0.3 is 0 Å². The van der Waals surface area contributed by atoms with Crippen LogP contribution in [0.4, 0.5) is 0 Å². The molecule has 2 aliphatic heterocycles. The summed E-state index contributed by atoms with van der Waals surface area (Å²) in [6.45, 7) is 3.36. The lowest BCUT2D eigenvalue weighted by atomic mass is 10.0. The van der Waals surface area contributed by atoms with Crippen LogP contribution in [0, 0.1) is 6.92 Å². The van der Waals surface area contributed by atoms with Crippen molar-refractivity contribution >= 4 is 5.91 Å². The minimum absolute atomic E-state index is 0.0109. The van der Waals surface area contributed by atoms with Gasteiger partial charge in [-0.25, -0.2) is 0 Å². The van der Waals surface area contributed by atoms with Gasteiger partial charge in [0.1, 0.15) is 6.10 Å². The van der Waals surface area contributed by atoms with Crippen molar-refractivity contribution in [2.24, 2.45) is 7.05 Å². The number of carbonyl (C=O) groups excluding carboxylic acids is 1. The van der Waals surface area contributed by atoms with Crippen molar-refractivity contribution in [2.45, 2.75) is 38.3 Å². The Morgan fingerprint density at radius 3 is 3.00 bits per heavy atom. The summed E-state index contributed by atoms with van der Waals surface area (Å²) in [7, 11) is 1.91. The van der Waals surface area contributed by atoms with E-state index in [-0.39, 0.29) is 18.1 Å². The van der Waals surface area contributed by atoms with E-state index in [9.17, 15) is 4.79 Å². The molecule has 0 aliphatic carbocycles. The number of hydrogen-bond acceptors (Lipinski definition) is 4. The molecule has 0 bridgehead atoms. The molecule has 1 saturated heterocycles. The first-order valence-electron chi connectivity index (χ1n) is 7.38. The zero-order valence-corrected chi connectivity index (χ0v) is 12.5. The van der Waals surface area contributed by atoms with Crippen LogP contribution in [-0.2, 0) is 21.3 Å². The normalized spacial score (nSPS) is 25.3. The number of nitrogens with one attached hydrogen (secondary N) is 1. The van der Waals surface area contributed by atoms with Crippen LogP contribution in [0.5, 0.6) is 0 Å². The maximum Gasteiger partial charge on any atom is 0.250 e. The Balaban J connectivity index is 1.71. The van der Waals surface area contributed by atoms with Crippen molar-refractivity contribution in [1.82, 2.24) is 15.1 Å². The summed E-state index contributed by atoms with van der Waals surface area (Å²) in [5, 5.41) is 7.34. The zero-order chi connectivity index (χ0) is 14.8. The lowest BCUT2D eigenvalue weighted by molar-refractivity contribution is -0.119. The lowest BCUT2D eigenvalue weighted by Gasteiger charge is -2.21. The molecular weight excluding hydrogens is 270 g/mol. The Labute approximate surface area is 124 Å². The average Bonchev–Trinajstić information content (AvgIpc) is 3.08. The summed E-state index contributed by atoms with van der Waals surface area (Å²) >= 11 is 0. The van der Waals surface area contributed by atoms with E-state index in [0.717, 1.165) is 36.1 Å². The zero-order valence-electron chi connectivity index (χ0n) is 12.5. The minimum Gasteiger partial charge on any atom is -0.501 e. The van der Waals surface area contributed by atoms with Crippen molar-refractivity contribution in [3.05, 3.63) is 29.3 Å². The van der Waals surface area contributed by atoms with Gasteiger partial charge in [-0.15, -0.1) is 0 Å². The first kappa shape index (κ1) is 14.1. The maximum atomic E-state index is 12.3. The lowest BCUT2D eigenvalue weighted by Crippen LogP contribution is -2.38. The average molecular weight is 291 g/mol. The van der Waals surface area contributed by atoms with E-state index >= 15 is 0 Å². The van der Waals surface area contributed by atoms with E-state index in [2.05, 4.69) is 10.4 Å². The van der Waals surface area contributed by atoms with Crippen LogP contribution in [-0.4, -0.2) is 34.9 Å². The molecule has 3 heterocycles. The van der Waals surface area contributed by atoms with Crippen molar-refractivity contribution in [1.29, 1.82) is 0 Å². The van der Waals surface area contributed by atoms with Gasteiger partial charge in [0.15, 0.2) is 0 Å². The molecule has 1 amide bonds. The monoisotopic (exact) mass is 291 g/mol. The molecule has 0 unspecified atom stereocenters. The Morgan fingerprint density at radius 1 is 1.48 bits per heavy atom. The summed E-state index contributed by atoms with van der Waals surface area (Å²) in [5.41, 5.74) is 2.84. The number of ether oxygens (including phenoxy) is 2. The summed E-state index contributed by atoms with van der Waals surface area (Å²) in [6.07, 6.45) is 5.78. The number of aromatic nitrogens is 2. The van der Waals surface area contributed by atoms with Gasteiger partial charge < -0.3 is 14.8 Å². The van der Waals surface area contributed by atoms with Crippen molar-refractivity contribution in [3.63, 3.8) is 0 Å². The van der Waals surface area contributed by atoms with Crippen molar-refractivity contribution < 1.29 is 14.3 Å². The fraction of sp³-hybridized carbons (Fsp3) is 0.600. The molecule has 1 aromatic rings. The molecule has 1 aromatic heterocycles. The van der Waals surface area contributed by atoms with Crippen LogP contribution in [0.15, 0.2) is 18.0 Å². The Bertz CT molecular complexity index is 565. The molecular formula is C15H21N3O3. The fourth-order valence-electron chi connectivity index (χ4n) is 2.83. The van der Waals surface area contributed by atoms with E-state index < -0.39 is 0 Å². The smallest absolute Gasteiger partial charge is 0.250 e. The van der Waals surface area contributed by atoms with Gasteiger partial charge in [0.2, 0.25) is 0 Å². The van der Waals surface area contributed by atoms with Crippen molar-refractivity contribution in [2.75, 3.05) is 13.2 Å². The maximum absolute atomic E-state index is 12.3. The van der Waals surface area contributed by atoms with E-state index in [1.807, 2.05) is 24.9 Å². The van der Waals surface area contributed by atoms with Crippen LogP contribution in [0.25, 0.3) is 0 Å². The molecule has 0 spiro atoms. The number of hydrogen-bond donors (Lipinski definition) is 1. The van der Waals surface area contributed by atoms with Crippen LogP contribution >= 0.6 is 0 Å². The third-order valence-corrected chi connectivity index (χ3v) is 4.21. The Morgan fingerprint density at radius 2 is 2.33 bits per heavy atom. The molecule has 6 nitrogen and oxygen atoms in total. The Kier molecular flexibility index (Phi) is 3.96. The molecule has 1 N–H and O–H groups in total. The number of rotatable bonds is 3. The summed E-state index contributed by atoms with van der Waals surface area (Å²) in [4.78, 5) is 12.3. The highest BCUT2D eigenvalue weighted by atomic mass is 16.5. The topological polar surface area (TPSA) is 65.4 Å².